The van der Waals surface area contributed by atoms with Gasteiger partial charge in [0, 0.05) is 35.8 Å². The minimum atomic E-state index is -0.573. The lowest BCUT2D eigenvalue weighted by Gasteiger charge is -2.43. The average molecular weight is 657 g/mol. The van der Waals surface area contributed by atoms with Crippen molar-refractivity contribution in [1.29, 1.82) is 0 Å². The molecule has 0 unspecified atom stereocenters. The molecule has 2 aliphatic rings. The Bertz CT molecular complexity index is 1660. The molecule has 0 aliphatic carbocycles. The van der Waals surface area contributed by atoms with Crippen LogP contribution in [0.4, 0.5) is 10.6 Å². The van der Waals surface area contributed by atoms with Crippen molar-refractivity contribution in [3.8, 4) is 10.6 Å². The van der Waals surface area contributed by atoms with Gasteiger partial charge >= 0.3 is 6.09 Å². The fourth-order valence-corrected chi connectivity index (χ4v) is 7.88. The molecule has 4 aromatic heterocycles. The zero-order valence-electron chi connectivity index (χ0n) is 25.5. The number of aliphatic hydroxyl groups is 1. The highest BCUT2D eigenvalue weighted by molar-refractivity contribution is 7.99. The first kappa shape index (κ1) is 31.1. The van der Waals surface area contributed by atoms with Crippen LogP contribution in [-0.2, 0) is 16.1 Å². The van der Waals surface area contributed by atoms with E-state index in [-0.39, 0.29) is 24.2 Å². The van der Waals surface area contributed by atoms with Gasteiger partial charge in [-0.3, -0.25) is 0 Å². The van der Waals surface area contributed by atoms with Crippen LogP contribution in [0.25, 0.3) is 16.2 Å². The predicted molar refractivity (Wildman–Crippen MR) is 173 cm³/mol. The monoisotopic (exact) mass is 656 g/mol. The Morgan fingerprint density at radius 2 is 2.05 bits per heavy atom. The highest BCUT2D eigenvalue weighted by Gasteiger charge is 2.50. The van der Waals surface area contributed by atoms with Gasteiger partial charge in [0.25, 0.3) is 0 Å². The summed E-state index contributed by atoms with van der Waals surface area (Å²) in [4.78, 5) is 31.2. The molecule has 0 radical (unpaired) electrons. The smallest absolute Gasteiger partial charge is 0.407 e. The molecule has 6 rings (SSSR count). The first-order valence-electron chi connectivity index (χ1n) is 14.7. The molecule has 2 fully saturated rings. The van der Waals surface area contributed by atoms with E-state index < -0.39 is 11.7 Å². The molecule has 1 spiro atoms. The third kappa shape index (κ3) is 6.15. The van der Waals surface area contributed by atoms with Gasteiger partial charge in [0.2, 0.25) is 0 Å². The van der Waals surface area contributed by atoms with Crippen LogP contribution < -0.4 is 10.2 Å². The first-order chi connectivity index (χ1) is 21.0. The van der Waals surface area contributed by atoms with Crippen LogP contribution in [0.1, 0.15) is 51.9 Å². The summed E-state index contributed by atoms with van der Waals surface area (Å²) >= 11 is 9.89. The summed E-state index contributed by atoms with van der Waals surface area (Å²) in [6.45, 7) is 11.2. The van der Waals surface area contributed by atoms with Crippen molar-refractivity contribution in [1.82, 2.24) is 24.7 Å². The largest absolute Gasteiger partial charge is 0.444 e. The van der Waals surface area contributed by atoms with Crippen LogP contribution >= 0.6 is 34.7 Å². The summed E-state index contributed by atoms with van der Waals surface area (Å²) in [5.41, 5.74) is 2.05. The lowest BCUT2D eigenvalue weighted by Crippen LogP contribution is -2.55. The summed E-state index contributed by atoms with van der Waals surface area (Å²) < 4.78 is 13.5. The summed E-state index contributed by atoms with van der Waals surface area (Å²) in [5, 5.41) is 16.7. The number of halogens is 1. The SMILES string of the molecule is Cc1nc(N2CCC3(CC2)CO[C@@H](C)[C@H]3NC(=O)OC(C)(C)C)c(CO)nc1Sc1ccn2cc(-c3cccs3)nc2c1Cl. The number of ether oxygens (including phenoxy) is 2. The topological polar surface area (TPSA) is 114 Å². The number of rotatable bonds is 6. The summed E-state index contributed by atoms with van der Waals surface area (Å²) in [6, 6.07) is 5.84. The van der Waals surface area contributed by atoms with Crippen LogP contribution in [0, 0.1) is 12.3 Å². The minimum Gasteiger partial charge on any atom is -0.444 e. The zero-order valence-corrected chi connectivity index (χ0v) is 27.9. The van der Waals surface area contributed by atoms with Crippen LogP contribution in [-0.4, -0.2) is 68.0 Å². The Kier molecular flexibility index (Phi) is 8.57. The van der Waals surface area contributed by atoms with E-state index in [0.717, 1.165) is 34.0 Å². The number of anilines is 1. The fourth-order valence-electron chi connectivity index (χ4n) is 6.01. The van der Waals surface area contributed by atoms with Crippen molar-refractivity contribution in [3.63, 3.8) is 0 Å². The van der Waals surface area contributed by atoms with Crippen LogP contribution in [0.2, 0.25) is 5.02 Å². The van der Waals surface area contributed by atoms with Crippen LogP contribution in [0.5, 0.6) is 0 Å². The number of thiophene rings is 1. The van der Waals surface area contributed by atoms with Crippen molar-refractivity contribution in [2.75, 3.05) is 24.6 Å². The van der Waals surface area contributed by atoms with Gasteiger partial charge in [0.1, 0.15) is 16.3 Å². The molecule has 2 aliphatic heterocycles. The lowest BCUT2D eigenvalue weighted by atomic mass is 9.73. The van der Waals surface area contributed by atoms with Crippen LogP contribution in [0.15, 0.2) is 45.9 Å². The predicted octanol–water partition coefficient (Wildman–Crippen LogP) is 6.36. The lowest BCUT2D eigenvalue weighted by molar-refractivity contribution is 0.0434. The number of nitrogens with zero attached hydrogens (tertiary/aromatic N) is 5. The molecular formula is C31H37ClN6O4S2. The molecule has 0 bridgehead atoms. The van der Waals surface area contributed by atoms with Gasteiger partial charge in [0.05, 0.1) is 46.6 Å². The highest BCUT2D eigenvalue weighted by atomic mass is 35.5. The molecule has 2 atom stereocenters. The molecule has 0 aromatic carbocycles. The number of imidazole rings is 1. The van der Waals surface area contributed by atoms with E-state index in [1.165, 1.54) is 11.8 Å². The van der Waals surface area contributed by atoms with Crippen molar-refractivity contribution in [2.45, 2.75) is 81.7 Å². The second kappa shape index (κ2) is 12.1. The molecule has 234 valence electrons. The number of carbonyl (C=O) groups excluding carboxylic acids is 1. The Hall–Kier alpha value is -2.90. The fraction of sp³-hybridized carbons (Fsp3) is 0.484. The second-order valence-corrected chi connectivity index (χ2v) is 14.8. The summed E-state index contributed by atoms with van der Waals surface area (Å²) in [5.74, 6) is 0.684. The standard InChI is InChI=1S/C31H37ClN6O4S2/c1-18-28(44-23-8-11-38-15-20(22-7-6-14-43-22)34-27(38)24(23)32)35-21(16-39)26(33-18)37-12-9-31(10-13-37)17-41-19(2)25(31)36-29(40)42-30(3,4)5/h6-8,11,14-15,19,25,39H,9-10,12-13,16-17H2,1-5H3,(H,36,40)/t19-,25+/m0/s1. The molecule has 10 nitrogen and oxygen atoms in total. The number of hydrogen-bond acceptors (Lipinski definition) is 10. The second-order valence-electron chi connectivity index (χ2n) is 12.5. The first-order valence-corrected chi connectivity index (χ1v) is 16.8. The minimum absolute atomic E-state index is 0.115. The number of amides is 1. The maximum atomic E-state index is 12.6. The van der Waals surface area contributed by atoms with Crippen molar-refractivity contribution < 1.29 is 19.4 Å². The number of nitrogens with one attached hydrogen (secondary N) is 1. The van der Waals surface area contributed by atoms with E-state index >= 15 is 0 Å². The Labute approximate surface area is 270 Å². The Morgan fingerprint density at radius 3 is 2.73 bits per heavy atom. The molecule has 2 N–H and O–H groups in total. The maximum Gasteiger partial charge on any atom is 0.407 e. The van der Waals surface area contributed by atoms with E-state index in [2.05, 4.69) is 10.2 Å². The van der Waals surface area contributed by atoms with E-state index in [0.29, 0.717) is 46.9 Å². The number of carbonyl (C=O) groups is 1. The molecule has 44 heavy (non-hydrogen) atoms. The number of hydrogen-bond donors (Lipinski definition) is 2. The zero-order chi connectivity index (χ0) is 31.2. The number of aromatic nitrogens is 4. The van der Waals surface area contributed by atoms with Crippen LogP contribution in [0.3, 0.4) is 0 Å². The third-order valence-corrected chi connectivity index (χ3v) is 10.8. The maximum absolute atomic E-state index is 12.6. The summed E-state index contributed by atoms with van der Waals surface area (Å²) in [6.07, 6.45) is 4.98. The third-order valence-electron chi connectivity index (χ3n) is 8.23. The molecule has 6 heterocycles. The van der Waals surface area contributed by atoms with Crippen molar-refractivity contribution in [3.05, 3.63) is 52.4 Å². The summed E-state index contributed by atoms with van der Waals surface area (Å²) in [7, 11) is 0. The highest BCUT2D eigenvalue weighted by Crippen LogP contribution is 2.44. The molecular weight excluding hydrogens is 620 g/mol. The number of aliphatic hydroxyl groups excluding tert-OH is 1. The van der Waals surface area contributed by atoms with Gasteiger partial charge in [-0.2, -0.15) is 0 Å². The number of aryl methyl sites for hydroxylation is 1. The van der Waals surface area contributed by atoms with Crippen molar-refractivity contribution in [2.24, 2.45) is 5.41 Å². The van der Waals surface area contributed by atoms with E-state index in [4.69, 9.17) is 36.0 Å². The van der Waals surface area contributed by atoms with Crippen molar-refractivity contribution >= 4 is 52.3 Å². The molecule has 13 heteroatoms. The number of piperidine rings is 1. The van der Waals surface area contributed by atoms with E-state index in [1.54, 1.807) is 11.3 Å². The van der Waals surface area contributed by atoms with E-state index in [1.807, 2.05) is 75.0 Å². The van der Waals surface area contributed by atoms with Gasteiger partial charge in [-0.05, 0) is 65.0 Å². The molecule has 4 aromatic rings. The van der Waals surface area contributed by atoms with E-state index in [9.17, 15) is 9.90 Å². The quantitative estimate of drug-likeness (QED) is 0.245. The van der Waals surface area contributed by atoms with Gasteiger partial charge in [-0.15, -0.1) is 11.3 Å². The number of fused-ring (bicyclic) bond motifs is 1. The number of alkyl carbamates (subject to hydrolysis) is 1. The van der Waals surface area contributed by atoms with Gasteiger partial charge in [-0.1, -0.05) is 29.4 Å². The average Bonchev–Trinajstić information content (AvgIpc) is 3.72. The normalized spacial score (nSPS) is 20.0. The molecule has 1 amide bonds. The van der Waals surface area contributed by atoms with Gasteiger partial charge in [0.15, 0.2) is 11.5 Å². The molecule has 2 saturated heterocycles. The van der Waals surface area contributed by atoms with Gasteiger partial charge < -0.3 is 29.2 Å². The van der Waals surface area contributed by atoms with Gasteiger partial charge in [-0.25, -0.2) is 19.7 Å². The molecule has 0 saturated carbocycles. The number of pyridine rings is 1. The Morgan fingerprint density at radius 1 is 1.27 bits per heavy atom. The Balaban J connectivity index is 1.18.